The highest BCUT2D eigenvalue weighted by atomic mass is 16.5. The van der Waals surface area contributed by atoms with Gasteiger partial charge in [0.15, 0.2) is 0 Å². The van der Waals surface area contributed by atoms with Crippen molar-refractivity contribution in [2.24, 2.45) is 5.92 Å². The number of nitrogens with one attached hydrogen (secondary N) is 1. The van der Waals surface area contributed by atoms with Crippen molar-refractivity contribution >= 4 is 0 Å². The highest BCUT2D eigenvalue weighted by molar-refractivity contribution is 5.41. The summed E-state index contributed by atoms with van der Waals surface area (Å²) in [5, 5.41) is 3.51. The number of rotatable bonds is 9. The number of hydrogen-bond donors (Lipinski definition) is 1. The van der Waals surface area contributed by atoms with Gasteiger partial charge in [-0.05, 0) is 33.2 Å². The fourth-order valence-corrected chi connectivity index (χ4v) is 3.15. The van der Waals surface area contributed by atoms with Crippen LogP contribution in [0.5, 0.6) is 5.75 Å². The van der Waals surface area contributed by atoms with Crippen LogP contribution < -0.4 is 10.1 Å². The molecule has 0 aliphatic rings. The third kappa shape index (κ3) is 4.70. The predicted molar refractivity (Wildman–Crippen MR) is 90.1 cm³/mol. The Labute approximate surface area is 130 Å². The summed E-state index contributed by atoms with van der Waals surface area (Å²) in [7, 11) is 3.81. The van der Waals surface area contributed by atoms with Crippen LogP contribution in [0.2, 0.25) is 0 Å². The minimum atomic E-state index is 0.486. The molecule has 0 amide bonds. The van der Waals surface area contributed by atoms with Crippen LogP contribution in [-0.4, -0.2) is 25.2 Å². The topological polar surface area (TPSA) is 34.1 Å². The molecule has 0 aliphatic carbocycles. The van der Waals surface area contributed by atoms with Crippen molar-refractivity contribution in [1.82, 2.24) is 10.3 Å². The van der Waals surface area contributed by atoms with E-state index in [0.717, 1.165) is 23.4 Å². The van der Waals surface area contributed by atoms with Crippen LogP contribution in [0.15, 0.2) is 6.20 Å². The van der Waals surface area contributed by atoms with Crippen molar-refractivity contribution in [2.45, 2.75) is 65.8 Å². The van der Waals surface area contributed by atoms with E-state index in [1.54, 1.807) is 7.11 Å². The zero-order valence-electron chi connectivity index (χ0n) is 14.6. The minimum absolute atomic E-state index is 0.486. The average molecular weight is 292 g/mol. The molecule has 0 radical (unpaired) electrons. The first-order chi connectivity index (χ1) is 10.1. The van der Waals surface area contributed by atoms with Crippen molar-refractivity contribution in [2.75, 3.05) is 14.2 Å². The molecule has 120 valence electrons. The summed E-state index contributed by atoms with van der Waals surface area (Å²) < 4.78 is 5.52. The van der Waals surface area contributed by atoms with E-state index in [4.69, 9.17) is 4.74 Å². The third-order valence-electron chi connectivity index (χ3n) is 4.56. The fourth-order valence-electron chi connectivity index (χ4n) is 3.15. The van der Waals surface area contributed by atoms with Crippen LogP contribution in [0, 0.1) is 19.8 Å². The molecule has 0 saturated carbocycles. The van der Waals surface area contributed by atoms with Crippen molar-refractivity contribution < 1.29 is 4.74 Å². The molecule has 0 aliphatic heterocycles. The van der Waals surface area contributed by atoms with Gasteiger partial charge < -0.3 is 10.1 Å². The van der Waals surface area contributed by atoms with E-state index in [1.807, 2.05) is 13.1 Å². The Morgan fingerprint density at radius 2 is 2.00 bits per heavy atom. The van der Waals surface area contributed by atoms with E-state index in [-0.39, 0.29) is 0 Å². The second-order valence-electron chi connectivity index (χ2n) is 5.96. The Morgan fingerprint density at radius 3 is 2.52 bits per heavy atom. The number of nitrogens with zero attached hydrogens (tertiary/aromatic N) is 1. The molecule has 0 aromatic carbocycles. The molecule has 21 heavy (non-hydrogen) atoms. The van der Waals surface area contributed by atoms with E-state index in [1.165, 1.54) is 31.2 Å². The van der Waals surface area contributed by atoms with Crippen LogP contribution in [0.4, 0.5) is 0 Å². The molecule has 1 aromatic rings. The Balaban J connectivity index is 2.90. The maximum absolute atomic E-state index is 5.52. The normalized spacial score (nSPS) is 14.0. The van der Waals surface area contributed by atoms with Gasteiger partial charge in [0.25, 0.3) is 0 Å². The molecular formula is C18H32N2O. The number of hydrogen-bond acceptors (Lipinski definition) is 3. The highest BCUT2D eigenvalue weighted by Crippen LogP contribution is 2.27. The average Bonchev–Trinajstić information content (AvgIpc) is 2.49. The standard InChI is InChI=1S/C18H32N2O/c1-7-9-10-15(8-2)17(19-5)11-16-14(4)18(21-6)13(3)12-20-16/h12,15,17,19H,7-11H2,1-6H3. The first kappa shape index (κ1) is 18.0. The van der Waals surface area contributed by atoms with Crippen LogP contribution in [0.1, 0.15) is 56.4 Å². The lowest BCUT2D eigenvalue weighted by atomic mass is 9.88. The van der Waals surface area contributed by atoms with Crippen LogP contribution >= 0.6 is 0 Å². The molecule has 3 heteroatoms. The second-order valence-corrected chi connectivity index (χ2v) is 5.96. The van der Waals surface area contributed by atoms with Gasteiger partial charge in [0.05, 0.1) is 7.11 Å². The van der Waals surface area contributed by atoms with Gasteiger partial charge in [0.2, 0.25) is 0 Å². The summed E-state index contributed by atoms with van der Waals surface area (Å²) >= 11 is 0. The molecule has 0 saturated heterocycles. The summed E-state index contributed by atoms with van der Waals surface area (Å²) in [6.07, 6.45) is 7.99. The lowest BCUT2D eigenvalue weighted by molar-refractivity contribution is 0.327. The monoisotopic (exact) mass is 292 g/mol. The maximum Gasteiger partial charge on any atom is 0.128 e. The lowest BCUT2D eigenvalue weighted by Crippen LogP contribution is -2.36. The molecule has 0 fully saturated rings. The maximum atomic E-state index is 5.52. The van der Waals surface area contributed by atoms with E-state index in [0.29, 0.717) is 12.0 Å². The Morgan fingerprint density at radius 1 is 1.29 bits per heavy atom. The first-order valence-corrected chi connectivity index (χ1v) is 8.25. The van der Waals surface area contributed by atoms with E-state index in [9.17, 15) is 0 Å². The summed E-state index contributed by atoms with van der Waals surface area (Å²) in [4.78, 5) is 4.65. The first-order valence-electron chi connectivity index (χ1n) is 8.25. The summed E-state index contributed by atoms with van der Waals surface area (Å²) in [6.45, 7) is 8.72. The van der Waals surface area contributed by atoms with Gasteiger partial charge in [-0.3, -0.25) is 4.98 Å². The summed E-state index contributed by atoms with van der Waals surface area (Å²) in [5.74, 6) is 1.69. The van der Waals surface area contributed by atoms with Gasteiger partial charge in [0, 0.05) is 35.5 Å². The zero-order chi connectivity index (χ0) is 15.8. The number of aromatic nitrogens is 1. The molecule has 2 unspecified atom stereocenters. The number of pyridine rings is 1. The Kier molecular flexibility index (Phi) is 7.73. The molecule has 1 aromatic heterocycles. The molecule has 1 heterocycles. The van der Waals surface area contributed by atoms with Gasteiger partial charge in [-0.15, -0.1) is 0 Å². The lowest BCUT2D eigenvalue weighted by Gasteiger charge is -2.26. The number of unbranched alkanes of at least 4 members (excludes halogenated alkanes) is 1. The van der Waals surface area contributed by atoms with Gasteiger partial charge in [-0.1, -0.05) is 33.1 Å². The van der Waals surface area contributed by atoms with Gasteiger partial charge in [0.1, 0.15) is 5.75 Å². The van der Waals surface area contributed by atoms with Crippen LogP contribution in [-0.2, 0) is 6.42 Å². The van der Waals surface area contributed by atoms with Crippen molar-refractivity contribution in [3.63, 3.8) is 0 Å². The van der Waals surface area contributed by atoms with Crippen LogP contribution in [0.3, 0.4) is 0 Å². The fraction of sp³-hybridized carbons (Fsp3) is 0.722. The van der Waals surface area contributed by atoms with Gasteiger partial charge in [-0.25, -0.2) is 0 Å². The molecule has 3 nitrogen and oxygen atoms in total. The summed E-state index contributed by atoms with van der Waals surface area (Å²) in [5.41, 5.74) is 3.45. The minimum Gasteiger partial charge on any atom is -0.496 e. The number of methoxy groups -OCH3 is 1. The largest absolute Gasteiger partial charge is 0.496 e. The number of likely N-dealkylation sites (N-methyl/N-ethyl adjacent to an activating group) is 1. The van der Waals surface area contributed by atoms with E-state index in [2.05, 4.69) is 38.1 Å². The second kappa shape index (κ2) is 9.04. The third-order valence-corrected chi connectivity index (χ3v) is 4.56. The number of aryl methyl sites for hydroxylation is 1. The molecule has 0 bridgehead atoms. The van der Waals surface area contributed by atoms with E-state index < -0.39 is 0 Å². The Bertz CT molecular complexity index is 431. The SMILES string of the molecule is CCCCC(CC)C(Cc1ncc(C)c(OC)c1C)NC. The van der Waals surface area contributed by atoms with Crippen molar-refractivity contribution in [3.8, 4) is 5.75 Å². The molecule has 0 spiro atoms. The van der Waals surface area contributed by atoms with Gasteiger partial charge >= 0.3 is 0 Å². The van der Waals surface area contributed by atoms with Crippen molar-refractivity contribution in [3.05, 3.63) is 23.0 Å². The van der Waals surface area contributed by atoms with E-state index >= 15 is 0 Å². The molecular weight excluding hydrogens is 260 g/mol. The molecule has 1 rings (SSSR count). The number of ether oxygens (including phenoxy) is 1. The van der Waals surface area contributed by atoms with Crippen molar-refractivity contribution in [1.29, 1.82) is 0 Å². The predicted octanol–water partition coefficient (Wildman–Crippen LogP) is 4.05. The van der Waals surface area contributed by atoms with Crippen LogP contribution in [0.25, 0.3) is 0 Å². The van der Waals surface area contributed by atoms with Gasteiger partial charge in [-0.2, -0.15) is 0 Å². The molecule has 2 atom stereocenters. The molecule has 1 N–H and O–H groups in total. The highest BCUT2D eigenvalue weighted by Gasteiger charge is 2.21. The quantitative estimate of drug-likeness (QED) is 0.745. The Hall–Kier alpha value is -1.09. The zero-order valence-corrected chi connectivity index (χ0v) is 14.6. The smallest absolute Gasteiger partial charge is 0.128 e. The summed E-state index contributed by atoms with van der Waals surface area (Å²) in [6, 6.07) is 0.486.